The van der Waals surface area contributed by atoms with E-state index in [1.807, 2.05) is 0 Å². The van der Waals surface area contributed by atoms with Crippen LogP contribution in [0.3, 0.4) is 0 Å². The standard InChI is InChI=1S/C13H23IN2O4S/c1-10(16-21(18,19)9-14)15-12(13(17)20-2)8-11-6-4-3-5-7-11/h11-12H,3-9H2,1-2H3,(H,15,16). The number of carbonyl (C=O) groups is 1. The number of halogens is 1. The minimum Gasteiger partial charge on any atom is -0.467 e. The fraction of sp³-hybridized carbons (Fsp3) is 0.846. The van der Waals surface area contributed by atoms with Gasteiger partial charge in [-0.25, -0.2) is 13.2 Å². The molecule has 0 spiro atoms. The summed E-state index contributed by atoms with van der Waals surface area (Å²) in [5, 5.41) is 2.90. The molecule has 0 aromatic carbocycles. The molecule has 0 saturated heterocycles. The van der Waals surface area contributed by atoms with E-state index < -0.39 is 16.1 Å². The van der Waals surface area contributed by atoms with E-state index in [0.717, 1.165) is 12.8 Å². The van der Waals surface area contributed by atoms with Crippen molar-refractivity contribution < 1.29 is 17.9 Å². The molecule has 0 radical (unpaired) electrons. The molecule has 0 heterocycles. The molecule has 1 aliphatic carbocycles. The molecule has 21 heavy (non-hydrogen) atoms. The fourth-order valence-corrected chi connectivity index (χ4v) is 3.56. The first-order valence-corrected chi connectivity index (χ1v) is 10.2. The van der Waals surface area contributed by atoms with Crippen molar-refractivity contribution in [2.24, 2.45) is 10.3 Å². The Bertz CT molecular complexity index is 473. The van der Waals surface area contributed by atoms with Crippen LogP contribution >= 0.6 is 22.6 Å². The van der Waals surface area contributed by atoms with Crippen LogP contribution in [-0.2, 0) is 19.6 Å². The number of alkyl halides is 1. The third kappa shape index (κ3) is 6.94. The number of nitrogens with zero attached hydrogens (tertiary/aromatic N) is 1. The summed E-state index contributed by atoms with van der Waals surface area (Å²) >= 11 is 1.75. The Morgan fingerprint density at radius 3 is 2.52 bits per heavy atom. The molecule has 1 N–H and O–H groups in total. The van der Waals surface area contributed by atoms with Gasteiger partial charge in [-0.1, -0.05) is 54.7 Å². The van der Waals surface area contributed by atoms with Crippen LogP contribution in [0.2, 0.25) is 0 Å². The molecule has 0 aliphatic heterocycles. The fourth-order valence-electron chi connectivity index (χ4n) is 2.62. The van der Waals surface area contributed by atoms with Crippen LogP contribution in [-0.4, -0.2) is 37.1 Å². The van der Waals surface area contributed by atoms with E-state index in [2.05, 4.69) is 9.71 Å². The molecule has 122 valence electrons. The zero-order chi connectivity index (χ0) is 15.9. The second kappa shape index (κ2) is 8.92. The molecule has 6 nitrogen and oxygen atoms in total. The maximum Gasteiger partial charge on any atom is 0.328 e. The summed E-state index contributed by atoms with van der Waals surface area (Å²) in [7, 11) is -2.13. The van der Waals surface area contributed by atoms with Gasteiger partial charge >= 0.3 is 5.97 Å². The maximum atomic E-state index is 11.9. The smallest absolute Gasteiger partial charge is 0.328 e. The average Bonchev–Trinajstić information content (AvgIpc) is 2.46. The highest BCUT2D eigenvalue weighted by Crippen LogP contribution is 2.27. The van der Waals surface area contributed by atoms with E-state index in [0.29, 0.717) is 12.3 Å². The van der Waals surface area contributed by atoms with Crippen molar-refractivity contribution in [3.05, 3.63) is 0 Å². The molecule has 1 unspecified atom stereocenters. The van der Waals surface area contributed by atoms with E-state index in [9.17, 15) is 13.2 Å². The van der Waals surface area contributed by atoms with Gasteiger partial charge in [0.25, 0.3) is 10.0 Å². The SMILES string of the molecule is COC(=O)C(CC1CCCCC1)NC(C)=NS(=O)(=O)CI. The van der Waals surface area contributed by atoms with Gasteiger partial charge in [0.05, 0.1) is 7.11 Å². The van der Waals surface area contributed by atoms with Crippen molar-refractivity contribution in [1.82, 2.24) is 5.32 Å². The van der Waals surface area contributed by atoms with Crippen molar-refractivity contribution in [2.75, 3.05) is 10.9 Å². The first-order chi connectivity index (χ1) is 9.88. The summed E-state index contributed by atoms with van der Waals surface area (Å²) in [5.74, 6) is 0.337. The second-order valence-corrected chi connectivity index (χ2v) is 8.76. The highest BCUT2D eigenvalue weighted by molar-refractivity contribution is 14.1. The van der Waals surface area contributed by atoms with E-state index in [1.54, 1.807) is 29.5 Å². The van der Waals surface area contributed by atoms with Crippen LogP contribution in [0, 0.1) is 5.92 Å². The lowest BCUT2D eigenvalue weighted by atomic mass is 9.85. The molecule has 1 fully saturated rings. The number of esters is 1. The number of rotatable bonds is 6. The number of methoxy groups -OCH3 is 1. The average molecular weight is 430 g/mol. The number of ether oxygens (including phenoxy) is 1. The second-order valence-electron chi connectivity index (χ2n) is 5.33. The van der Waals surface area contributed by atoms with Crippen LogP contribution in [0.5, 0.6) is 0 Å². The normalized spacial score (nSPS) is 19.1. The number of hydrogen-bond donors (Lipinski definition) is 1. The third-order valence-electron chi connectivity index (χ3n) is 3.58. The van der Waals surface area contributed by atoms with Crippen molar-refractivity contribution in [1.29, 1.82) is 0 Å². The molecule has 1 saturated carbocycles. The summed E-state index contributed by atoms with van der Waals surface area (Å²) in [5.41, 5.74) is 0. The van der Waals surface area contributed by atoms with E-state index in [4.69, 9.17) is 4.74 Å². The van der Waals surface area contributed by atoms with Gasteiger partial charge in [-0.3, -0.25) is 0 Å². The molecule has 8 heteroatoms. The lowest BCUT2D eigenvalue weighted by Gasteiger charge is -2.26. The number of nitrogens with one attached hydrogen (secondary N) is 1. The van der Waals surface area contributed by atoms with Crippen molar-refractivity contribution in [3.8, 4) is 0 Å². The van der Waals surface area contributed by atoms with Gasteiger partial charge in [0.2, 0.25) is 0 Å². The zero-order valence-corrected chi connectivity index (χ0v) is 15.4. The molecule has 0 amide bonds. The Hall–Kier alpha value is -0.380. The van der Waals surface area contributed by atoms with Gasteiger partial charge in [-0.05, 0) is 19.3 Å². The summed E-state index contributed by atoms with van der Waals surface area (Å²) in [6, 6.07) is -0.536. The van der Waals surface area contributed by atoms with Gasteiger partial charge < -0.3 is 10.1 Å². The highest BCUT2D eigenvalue weighted by atomic mass is 127. The van der Waals surface area contributed by atoms with Gasteiger partial charge in [0, 0.05) is 0 Å². The quantitative estimate of drug-likeness (QED) is 0.230. The highest BCUT2D eigenvalue weighted by Gasteiger charge is 2.25. The van der Waals surface area contributed by atoms with Crippen molar-refractivity contribution >= 4 is 44.4 Å². The number of sulfonamides is 1. The minimum absolute atomic E-state index is 0.0880. The Morgan fingerprint density at radius 1 is 1.38 bits per heavy atom. The molecule has 1 aliphatic rings. The van der Waals surface area contributed by atoms with Crippen molar-refractivity contribution in [2.45, 2.75) is 51.5 Å². The topological polar surface area (TPSA) is 84.8 Å². The summed E-state index contributed by atoms with van der Waals surface area (Å²) in [6.45, 7) is 1.56. The van der Waals surface area contributed by atoms with E-state index in [-0.39, 0.29) is 15.6 Å². The van der Waals surface area contributed by atoms with Crippen LogP contribution in [0.15, 0.2) is 4.40 Å². The van der Waals surface area contributed by atoms with Crippen LogP contribution in [0.4, 0.5) is 0 Å². The lowest BCUT2D eigenvalue weighted by Crippen LogP contribution is -2.42. The first-order valence-electron chi connectivity index (χ1n) is 7.07. The third-order valence-corrected chi connectivity index (χ3v) is 6.77. The van der Waals surface area contributed by atoms with E-state index in [1.165, 1.54) is 26.4 Å². The predicted molar refractivity (Wildman–Crippen MR) is 91.0 cm³/mol. The number of carbonyl (C=O) groups excluding carboxylic acids is 1. The molecule has 1 atom stereocenters. The summed E-state index contributed by atoms with van der Waals surface area (Å²) in [6.07, 6.45) is 6.50. The molecular weight excluding hydrogens is 407 g/mol. The van der Waals surface area contributed by atoms with Crippen LogP contribution < -0.4 is 5.32 Å². The predicted octanol–water partition coefficient (Wildman–Crippen LogP) is 2.23. The summed E-state index contributed by atoms with van der Waals surface area (Å²) < 4.78 is 31.3. The lowest BCUT2D eigenvalue weighted by molar-refractivity contribution is -0.143. The molecular formula is C13H23IN2O4S. The Balaban J connectivity index is 2.71. The number of hydrogen-bond acceptors (Lipinski definition) is 4. The van der Waals surface area contributed by atoms with Crippen LogP contribution in [0.25, 0.3) is 0 Å². The molecule has 0 aromatic heterocycles. The Kier molecular flexibility index (Phi) is 7.93. The maximum absolute atomic E-state index is 11.9. The largest absolute Gasteiger partial charge is 0.467 e. The monoisotopic (exact) mass is 430 g/mol. The molecule has 0 aromatic rings. The Labute approximate surface area is 140 Å². The van der Waals surface area contributed by atoms with Crippen LogP contribution in [0.1, 0.15) is 45.4 Å². The minimum atomic E-state index is -3.47. The van der Waals surface area contributed by atoms with Crippen molar-refractivity contribution in [3.63, 3.8) is 0 Å². The Morgan fingerprint density at radius 2 is 2.00 bits per heavy atom. The molecule has 0 bridgehead atoms. The first kappa shape index (κ1) is 18.7. The zero-order valence-electron chi connectivity index (χ0n) is 12.5. The van der Waals surface area contributed by atoms with E-state index >= 15 is 0 Å². The van der Waals surface area contributed by atoms with Gasteiger partial charge in [-0.15, -0.1) is 0 Å². The molecule has 1 rings (SSSR count). The summed E-state index contributed by atoms with van der Waals surface area (Å²) in [4.78, 5) is 11.9. The van der Waals surface area contributed by atoms with Gasteiger partial charge in [-0.2, -0.15) is 4.40 Å². The van der Waals surface area contributed by atoms with Gasteiger partial charge in [0.1, 0.15) is 15.6 Å². The van der Waals surface area contributed by atoms with Gasteiger partial charge in [0.15, 0.2) is 0 Å². The number of amidine groups is 1.